The molecule has 0 bridgehead atoms. The van der Waals surface area contributed by atoms with Crippen LogP contribution >= 0.6 is 0 Å². The number of H-pyrrole nitrogens is 1. The van der Waals surface area contributed by atoms with E-state index in [0.29, 0.717) is 18.1 Å². The molecule has 6 heteroatoms. The lowest BCUT2D eigenvalue weighted by Gasteiger charge is -2.03. The highest BCUT2D eigenvalue weighted by molar-refractivity contribution is 5.81. The van der Waals surface area contributed by atoms with Gasteiger partial charge in [-0.05, 0) is 6.92 Å². The van der Waals surface area contributed by atoms with Gasteiger partial charge in [-0.25, -0.2) is 0 Å². The van der Waals surface area contributed by atoms with Crippen LogP contribution in [-0.2, 0) is 4.79 Å². The number of nitrogens with two attached hydrogens (primary N) is 1. The normalized spacial score (nSPS) is 9.62. The van der Waals surface area contributed by atoms with E-state index in [1.165, 1.54) is 6.20 Å². The van der Waals surface area contributed by atoms with Crippen molar-refractivity contribution in [3.8, 4) is 0 Å². The van der Waals surface area contributed by atoms with Crippen molar-refractivity contribution >= 4 is 17.4 Å². The summed E-state index contributed by atoms with van der Waals surface area (Å²) in [7, 11) is 0. The molecule has 1 amide bonds. The Balaban J connectivity index is 2.35. The second kappa shape index (κ2) is 4.34. The third kappa shape index (κ3) is 2.66. The van der Waals surface area contributed by atoms with Crippen molar-refractivity contribution in [1.82, 2.24) is 15.5 Å². The van der Waals surface area contributed by atoms with Crippen molar-refractivity contribution in [3.05, 3.63) is 6.20 Å². The topological polar surface area (TPSA) is 95.8 Å². The molecule has 0 aliphatic carbocycles. The minimum atomic E-state index is -0.0666. The van der Waals surface area contributed by atoms with E-state index in [-0.39, 0.29) is 12.5 Å². The van der Waals surface area contributed by atoms with E-state index < -0.39 is 0 Å². The van der Waals surface area contributed by atoms with Crippen LogP contribution in [0.25, 0.3) is 0 Å². The van der Waals surface area contributed by atoms with Gasteiger partial charge in [-0.3, -0.25) is 9.89 Å². The summed E-state index contributed by atoms with van der Waals surface area (Å²) in [5, 5.41) is 11.8. The first kappa shape index (κ1) is 9.37. The van der Waals surface area contributed by atoms with E-state index >= 15 is 0 Å². The van der Waals surface area contributed by atoms with Gasteiger partial charge in [0.25, 0.3) is 0 Å². The molecule has 0 aliphatic heterocycles. The number of rotatable bonds is 4. The highest BCUT2D eigenvalue weighted by Crippen LogP contribution is 2.11. The third-order valence-electron chi connectivity index (χ3n) is 1.48. The summed E-state index contributed by atoms with van der Waals surface area (Å²) in [4.78, 5) is 11.0. The highest BCUT2D eigenvalue weighted by Gasteiger charge is 2.02. The van der Waals surface area contributed by atoms with Crippen LogP contribution in [0.15, 0.2) is 6.20 Å². The lowest BCUT2D eigenvalue weighted by atomic mass is 10.4. The molecule has 0 unspecified atom stereocenters. The summed E-state index contributed by atoms with van der Waals surface area (Å²) in [5.74, 6) is 0.368. The van der Waals surface area contributed by atoms with Crippen LogP contribution in [-0.4, -0.2) is 29.2 Å². The zero-order valence-electron chi connectivity index (χ0n) is 7.42. The minimum absolute atomic E-state index is 0.0666. The Kier molecular flexibility index (Phi) is 3.13. The van der Waals surface area contributed by atoms with E-state index in [9.17, 15) is 4.79 Å². The van der Waals surface area contributed by atoms with Gasteiger partial charge in [0, 0.05) is 6.54 Å². The van der Waals surface area contributed by atoms with Gasteiger partial charge in [0.05, 0.1) is 18.4 Å². The standard InChI is InChI=1S/C7H13N5O/c1-2-9-6(13)4-10-5-3-11-12-7(5)8/h3,10H,2,4H2,1H3,(H,9,13)(H3,8,11,12). The first-order valence-electron chi connectivity index (χ1n) is 4.03. The number of amides is 1. The minimum Gasteiger partial charge on any atom is -0.382 e. The molecule has 6 nitrogen and oxygen atoms in total. The molecule has 1 aromatic heterocycles. The second-order valence-electron chi connectivity index (χ2n) is 2.50. The number of likely N-dealkylation sites (N-methyl/N-ethyl adjacent to an activating group) is 1. The van der Waals surface area contributed by atoms with Gasteiger partial charge >= 0.3 is 0 Å². The number of nitrogen functional groups attached to an aromatic ring is 1. The fourth-order valence-electron chi connectivity index (χ4n) is 0.872. The summed E-state index contributed by atoms with van der Waals surface area (Å²) >= 11 is 0. The number of hydrogen-bond donors (Lipinski definition) is 4. The van der Waals surface area contributed by atoms with Crippen molar-refractivity contribution in [3.63, 3.8) is 0 Å². The van der Waals surface area contributed by atoms with E-state index in [1.807, 2.05) is 6.92 Å². The predicted molar refractivity (Wildman–Crippen MR) is 50.2 cm³/mol. The largest absolute Gasteiger partial charge is 0.382 e. The first-order chi connectivity index (χ1) is 6.24. The number of nitrogens with one attached hydrogen (secondary N) is 3. The van der Waals surface area contributed by atoms with Crippen LogP contribution < -0.4 is 16.4 Å². The molecular formula is C7H13N5O. The Morgan fingerprint density at radius 3 is 3.08 bits per heavy atom. The third-order valence-corrected chi connectivity index (χ3v) is 1.48. The smallest absolute Gasteiger partial charge is 0.239 e. The second-order valence-corrected chi connectivity index (χ2v) is 2.50. The maximum atomic E-state index is 11.0. The van der Waals surface area contributed by atoms with Gasteiger partial charge in [0.2, 0.25) is 5.91 Å². The van der Waals surface area contributed by atoms with E-state index in [2.05, 4.69) is 20.8 Å². The molecule has 0 atom stereocenters. The van der Waals surface area contributed by atoms with Gasteiger partial charge < -0.3 is 16.4 Å². The summed E-state index contributed by atoms with van der Waals surface area (Å²) in [6.07, 6.45) is 1.54. The molecule has 0 aliphatic rings. The maximum Gasteiger partial charge on any atom is 0.239 e. The molecule has 1 aromatic rings. The number of aromatic amines is 1. The lowest BCUT2D eigenvalue weighted by molar-refractivity contribution is -0.119. The molecular weight excluding hydrogens is 170 g/mol. The molecule has 0 saturated heterocycles. The molecule has 0 saturated carbocycles. The van der Waals surface area contributed by atoms with Gasteiger partial charge in [-0.1, -0.05) is 0 Å². The zero-order chi connectivity index (χ0) is 9.68. The SMILES string of the molecule is CCNC(=O)CNc1cn[nH]c1N. The quantitative estimate of drug-likeness (QED) is 0.508. The number of carbonyl (C=O) groups is 1. The maximum absolute atomic E-state index is 11.0. The molecule has 1 rings (SSSR count). The van der Waals surface area contributed by atoms with Crippen LogP contribution in [0.1, 0.15) is 6.92 Å². The van der Waals surface area contributed by atoms with Gasteiger partial charge in [-0.2, -0.15) is 5.10 Å². The number of anilines is 2. The summed E-state index contributed by atoms with van der Waals surface area (Å²) < 4.78 is 0. The van der Waals surface area contributed by atoms with Gasteiger partial charge in [-0.15, -0.1) is 0 Å². The fourth-order valence-corrected chi connectivity index (χ4v) is 0.872. The molecule has 5 N–H and O–H groups in total. The monoisotopic (exact) mass is 183 g/mol. The fraction of sp³-hybridized carbons (Fsp3) is 0.429. The number of nitrogens with zero attached hydrogens (tertiary/aromatic N) is 1. The van der Waals surface area contributed by atoms with Crippen molar-refractivity contribution in [2.45, 2.75) is 6.92 Å². The van der Waals surface area contributed by atoms with Crippen molar-refractivity contribution in [2.24, 2.45) is 0 Å². The zero-order valence-corrected chi connectivity index (χ0v) is 7.42. The number of hydrogen-bond acceptors (Lipinski definition) is 4. The molecule has 0 aromatic carbocycles. The van der Waals surface area contributed by atoms with E-state index in [1.54, 1.807) is 0 Å². The van der Waals surface area contributed by atoms with Crippen LogP contribution in [0.4, 0.5) is 11.5 Å². The summed E-state index contributed by atoms with van der Waals surface area (Å²) in [6, 6.07) is 0. The van der Waals surface area contributed by atoms with E-state index in [4.69, 9.17) is 5.73 Å². The Morgan fingerprint density at radius 2 is 2.54 bits per heavy atom. The average Bonchev–Trinajstić information content (AvgIpc) is 2.48. The number of aromatic nitrogens is 2. The van der Waals surface area contributed by atoms with Gasteiger partial charge in [0.1, 0.15) is 5.82 Å². The Hall–Kier alpha value is -1.72. The van der Waals surface area contributed by atoms with Gasteiger partial charge in [0.15, 0.2) is 0 Å². The van der Waals surface area contributed by atoms with Crippen LogP contribution in [0.2, 0.25) is 0 Å². The van der Waals surface area contributed by atoms with Crippen molar-refractivity contribution < 1.29 is 4.79 Å². The van der Waals surface area contributed by atoms with Crippen LogP contribution in [0.5, 0.6) is 0 Å². The molecule has 0 radical (unpaired) electrons. The van der Waals surface area contributed by atoms with E-state index in [0.717, 1.165) is 0 Å². The molecule has 0 fully saturated rings. The first-order valence-corrected chi connectivity index (χ1v) is 4.03. The Labute approximate surface area is 75.9 Å². The summed E-state index contributed by atoms with van der Waals surface area (Å²) in [6.45, 7) is 2.70. The average molecular weight is 183 g/mol. The molecule has 72 valence electrons. The Morgan fingerprint density at radius 1 is 1.77 bits per heavy atom. The highest BCUT2D eigenvalue weighted by atomic mass is 16.1. The number of carbonyl (C=O) groups excluding carboxylic acids is 1. The van der Waals surface area contributed by atoms with Crippen LogP contribution in [0.3, 0.4) is 0 Å². The molecule has 13 heavy (non-hydrogen) atoms. The molecule has 0 spiro atoms. The summed E-state index contributed by atoms with van der Waals surface area (Å²) in [5.41, 5.74) is 6.13. The van der Waals surface area contributed by atoms with Crippen LogP contribution in [0, 0.1) is 0 Å². The van der Waals surface area contributed by atoms with Crippen molar-refractivity contribution in [1.29, 1.82) is 0 Å². The predicted octanol–water partition coefficient (Wildman–Crippen LogP) is -0.460. The van der Waals surface area contributed by atoms with Crippen molar-refractivity contribution in [2.75, 3.05) is 24.1 Å². The lowest BCUT2D eigenvalue weighted by Crippen LogP contribution is -2.29. The molecule has 1 heterocycles. The Bertz CT molecular complexity index is 282.